The Hall–Kier alpha value is -1.85. The van der Waals surface area contributed by atoms with E-state index in [2.05, 4.69) is 4.74 Å². The van der Waals surface area contributed by atoms with Crippen molar-refractivity contribution < 1.29 is 43.4 Å². The van der Waals surface area contributed by atoms with Crippen LogP contribution in [0.3, 0.4) is 0 Å². The van der Waals surface area contributed by atoms with E-state index >= 15 is 0 Å². The van der Waals surface area contributed by atoms with Gasteiger partial charge in [-0.1, -0.05) is 29.8 Å². The van der Waals surface area contributed by atoms with E-state index in [0.717, 1.165) is 5.56 Å². The molecule has 0 radical (unpaired) electrons. The first-order chi connectivity index (χ1) is 15.7. The van der Waals surface area contributed by atoms with Gasteiger partial charge in [-0.3, -0.25) is 0 Å². The topological polar surface area (TPSA) is 109 Å². The Balaban J connectivity index is 1.66. The monoisotopic (exact) mass is 500 g/mol. The van der Waals surface area contributed by atoms with E-state index in [-0.39, 0.29) is 12.4 Å². The summed E-state index contributed by atoms with van der Waals surface area (Å²) in [6, 6.07) is 10.9. The average Bonchev–Trinajstić information content (AvgIpc) is 3.14. The molecule has 2 bridgehead atoms. The number of fused-ring (bicyclic) bond motifs is 2. The molecule has 2 aromatic rings. The van der Waals surface area contributed by atoms with Crippen LogP contribution >= 0.6 is 11.6 Å². The molecule has 2 saturated heterocycles. The van der Waals surface area contributed by atoms with Crippen LogP contribution in [0.25, 0.3) is 0 Å². The Morgan fingerprint density at radius 1 is 1.06 bits per heavy atom. The number of aliphatic hydroxyl groups is 4. The minimum Gasteiger partial charge on any atom is -0.433 e. The van der Waals surface area contributed by atoms with Gasteiger partial charge < -0.3 is 34.6 Å². The second-order valence-electron chi connectivity index (χ2n) is 9.42. The van der Waals surface area contributed by atoms with E-state index in [9.17, 15) is 29.2 Å². The molecule has 2 heterocycles. The zero-order valence-corrected chi connectivity index (χ0v) is 19.6. The van der Waals surface area contributed by atoms with Gasteiger partial charge in [-0.05, 0) is 55.7 Å². The van der Waals surface area contributed by atoms with Crippen molar-refractivity contribution in [1.82, 2.24) is 0 Å². The number of alkyl halides is 2. The molecule has 10 heteroatoms. The van der Waals surface area contributed by atoms with Crippen molar-refractivity contribution in [2.45, 2.75) is 68.6 Å². The molecule has 0 aromatic heterocycles. The SMILES string of the molecule is CC(F)(F)Oc1ccc(Cc2cc([C@]34OC[C@](C(C)(C)O)(O3)[C@@H](O)[C@H](O)[C@H]4O)ccc2Cl)cc1. The molecule has 7 nitrogen and oxygen atoms in total. The van der Waals surface area contributed by atoms with Crippen molar-refractivity contribution in [3.63, 3.8) is 0 Å². The highest BCUT2D eigenvalue weighted by Crippen LogP contribution is 2.53. The lowest BCUT2D eigenvalue weighted by Gasteiger charge is -2.50. The number of benzene rings is 2. The second-order valence-corrected chi connectivity index (χ2v) is 9.83. The number of aliphatic hydroxyl groups excluding tert-OH is 3. The average molecular weight is 501 g/mol. The zero-order chi connectivity index (χ0) is 25.1. The summed E-state index contributed by atoms with van der Waals surface area (Å²) in [6.45, 7) is 3.23. The van der Waals surface area contributed by atoms with Crippen LogP contribution in [0.1, 0.15) is 37.5 Å². The van der Waals surface area contributed by atoms with Crippen molar-refractivity contribution in [2.75, 3.05) is 6.61 Å². The Kier molecular flexibility index (Phi) is 6.22. The third-order valence-corrected chi connectivity index (χ3v) is 6.82. The molecule has 2 aliphatic rings. The molecule has 4 N–H and O–H groups in total. The third kappa shape index (κ3) is 4.19. The van der Waals surface area contributed by atoms with Gasteiger partial charge in [0.1, 0.15) is 24.1 Å². The van der Waals surface area contributed by atoms with Crippen LogP contribution < -0.4 is 4.74 Å². The summed E-state index contributed by atoms with van der Waals surface area (Å²) in [5.41, 5.74) is -1.58. The van der Waals surface area contributed by atoms with Gasteiger partial charge in [0.25, 0.3) is 0 Å². The molecule has 2 fully saturated rings. The summed E-state index contributed by atoms with van der Waals surface area (Å²) >= 11 is 6.39. The Morgan fingerprint density at radius 2 is 1.71 bits per heavy atom. The van der Waals surface area contributed by atoms with E-state index in [0.29, 0.717) is 29.5 Å². The number of rotatable bonds is 6. The van der Waals surface area contributed by atoms with Crippen LogP contribution in [-0.4, -0.2) is 62.7 Å². The van der Waals surface area contributed by atoms with Crippen molar-refractivity contribution in [2.24, 2.45) is 0 Å². The lowest BCUT2D eigenvalue weighted by Crippen LogP contribution is -2.70. The summed E-state index contributed by atoms with van der Waals surface area (Å²) in [5.74, 6) is -1.83. The standard InChI is InChI=1S/C24H27ClF2O7/c1-21(2,31)23-12-32-24(34-23,20(30)18(28)19(23)29)15-6-9-17(25)14(11-15)10-13-4-7-16(8-5-13)33-22(3,26)27/h4-9,11,18-20,28-31H,10,12H2,1-3H3/t18-,19-,20+,23-,24-/m0/s1. The maximum absolute atomic E-state index is 13.1. The lowest BCUT2D eigenvalue weighted by atomic mass is 9.75. The van der Waals surface area contributed by atoms with Crippen molar-refractivity contribution in [1.29, 1.82) is 0 Å². The summed E-state index contributed by atoms with van der Waals surface area (Å²) in [7, 11) is 0. The summed E-state index contributed by atoms with van der Waals surface area (Å²) in [5, 5.41) is 43.1. The summed E-state index contributed by atoms with van der Waals surface area (Å²) in [6.07, 6.45) is -7.88. The maximum atomic E-state index is 13.1. The second kappa shape index (κ2) is 8.37. The van der Waals surface area contributed by atoms with Gasteiger partial charge in [0.2, 0.25) is 5.79 Å². The largest absolute Gasteiger partial charge is 0.433 e. The van der Waals surface area contributed by atoms with E-state index < -0.39 is 41.4 Å². The Bertz CT molecular complexity index is 1050. The predicted octanol–water partition coefficient (Wildman–Crippen LogP) is 2.73. The maximum Gasteiger partial charge on any atom is 0.394 e. The molecule has 186 valence electrons. The van der Waals surface area contributed by atoms with Gasteiger partial charge in [-0.2, -0.15) is 8.78 Å². The number of hydrogen-bond donors (Lipinski definition) is 4. The highest BCUT2D eigenvalue weighted by molar-refractivity contribution is 6.31. The number of halogens is 3. The van der Waals surface area contributed by atoms with Crippen LogP contribution in [0.5, 0.6) is 5.75 Å². The zero-order valence-electron chi connectivity index (χ0n) is 18.8. The normalized spacial score (nSPS) is 31.5. The predicted molar refractivity (Wildman–Crippen MR) is 118 cm³/mol. The summed E-state index contributed by atoms with van der Waals surface area (Å²) in [4.78, 5) is 0. The van der Waals surface area contributed by atoms with Crippen molar-refractivity contribution >= 4 is 11.6 Å². The third-order valence-electron chi connectivity index (χ3n) is 6.45. The molecule has 0 unspecified atom stereocenters. The number of ether oxygens (including phenoxy) is 3. The lowest BCUT2D eigenvalue weighted by molar-refractivity contribution is -0.348. The fourth-order valence-corrected chi connectivity index (χ4v) is 4.70. The minimum absolute atomic E-state index is 0.0172. The fourth-order valence-electron chi connectivity index (χ4n) is 4.51. The van der Waals surface area contributed by atoms with Crippen LogP contribution in [0, 0.1) is 0 Å². The molecular formula is C24H27ClF2O7. The highest BCUT2D eigenvalue weighted by atomic mass is 35.5. The minimum atomic E-state index is -3.29. The highest BCUT2D eigenvalue weighted by Gasteiger charge is 2.71. The Labute approximate surface area is 200 Å². The van der Waals surface area contributed by atoms with Gasteiger partial charge in [0, 0.05) is 17.5 Å². The van der Waals surface area contributed by atoms with Gasteiger partial charge in [0.15, 0.2) is 5.60 Å². The molecule has 0 spiro atoms. The van der Waals surface area contributed by atoms with E-state index in [1.807, 2.05) is 0 Å². The number of hydrogen-bond acceptors (Lipinski definition) is 7. The van der Waals surface area contributed by atoms with Crippen molar-refractivity contribution in [3.8, 4) is 5.75 Å². The Morgan fingerprint density at radius 3 is 2.29 bits per heavy atom. The molecule has 34 heavy (non-hydrogen) atoms. The van der Waals surface area contributed by atoms with Crippen LogP contribution in [0.2, 0.25) is 5.02 Å². The first-order valence-corrected chi connectivity index (χ1v) is 11.1. The van der Waals surface area contributed by atoms with Gasteiger partial charge in [-0.15, -0.1) is 0 Å². The molecular weight excluding hydrogens is 474 g/mol. The van der Waals surface area contributed by atoms with E-state index in [1.165, 1.54) is 26.0 Å². The van der Waals surface area contributed by atoms with Gasteiger partial charge >= 0.3 is 6.11 Å². The smallest absolute Gasteiger partial charge is 0.394 e. The fraction of sp³-hybridized carbons (Fsp3) is 0.500. The molecule has 5 atom stereocenters. The van der Waals surface area contributed by atoms with E-state index in [1.54, 1.807) is 30.3 Å². The van der Waals surface area contributed by atoms with Crippen LogP contribution in [-0.2, 0) is 21.7 Å². The first kappa shape index (κ1) is 25.2. The van der Waals surface area contributed by atoms with Crippen LogP contribution in [0.15, 0.2) is 42.5 Å². The van der Waals surface area contributed by atoms with Crippen LogP contribution in [0.4, 0.5) is 8.78 Å². The molecule has 0 aliphatic carbocycles. The molecule has 2 aliphatic heterocycles. The quantitative estimate of drug-likeness (QED) is 0.483. The van der Waals surface area contributed by atoms with Gasteiger partial charge in [-0.25, -0.2) is 0 Å². The molecule has 0 saturated carbocycles. The first-order valence-electron chi connectivity index (χ1n) is 10.7. The van der Waals surface area contributed by atoms with Crippen molar-refractivity contribution in [3.05, 3.63) is 64.2 Å². The molecule has 4 rings (SSSR count). The van der Waals surface area contributed by atoms with E-state index in [4.69, 9.17) is 21.1 Å². The summed E-state index contributed by atoms with van der Waals surface area (Å²) < 4.78 is 42.6. The molecule has 2 aromatic carbocycles. The van der Waals surface area contributed by atoms with Gasteiger partial charge in [0.05, 0.1) is 12.2 Å². The molecule has 0 amide bonds.